The maximum absolute atomic E-state index is 3.56. The fraction of sp³-hybridized carbons (Fsp3) is 0.625. The van der Waals surface area contributed by atoms with Crippen molar-refractivity contribution in [3.8, 4) is 0 Å². The van der Waals surface area contributed by atoms with Crippen LogP contribution in [0, 0.1) is 0 Å². The lowest BCUT2D eigenvalue weighted by molar-refractivity contribution is 0.542. The van der Waals surface area contributed by atoms with Gasteiger partial charge in [-0.1, -0.05) is 39.8 Å². The summed E-state index contributed by atoms with van der Waals surface area (Å²) >= 11 is 1.96. The van der Waals surface area contributed by atoms with Crippen LogP contribution >= 0.6 is 11.8 Å². The molecule has 18 heavy (non-hydrogen) atoms. The molecule has 0 heterocycles. The Hall–Kier alpha value is -0.470. The van der Waals surface area contributed by atoms with Crippen molar-refractivity contribution in [2.45, 2.75) is 63.1 Å². The summed E-state index contributed by atoms with van der Waals surface area (Å²) in [6.45, 7) is 12.4. The summed E-state index contributed by atoms with van der Waals surface area (Å²) in [5.41, 5.74) is 1.42. The molecule has 1 aromatic rings. The van der Waals surface area contributed by atoms with Crippen LogP contribution in [0.2, 0.25) is 0 Å². The van der Waals surface area contributed by atoms with Crippen LogP contribution in [0.15, 0.2) is 29.2 Å². The Bertz CT molecular complexity index is 331. The molecule has 102 valence electrons. The van der Waals surface area contributed by atoms with E-state index in [-0.39, 0.29) is 0 Å². The van der Waals surface area contributed by atoms with Crippen molar-refractivity contribution in [1.82, 2.24) is 5.32 Å². The molecule has 2 atom stereocenters. The minimum Gasteiger partial charge on any atom is -0.313 e. The lowest BCUT2D eigenvalue weighted by Crippen LogP contribution is -2.34. The van der Waals surface area contributed by atoms with Crippen molar-refractivity contribution in [3.63, 3.8) is 0 Å². The van der Waals surface area contributed by atoms with E-state index in [1.807, 2.05) is 11.8 Å². The Morgan fingerprint density at radius 2 is 1.67 bits per heavy atom. The van der Waals surface area contributed by atoms with E-state index in [9.17, 15) is 0 Å². The van der Waals surface area contributed by atoms with Crippen LogP contribution in [-0.4, -0.2) is 17.8 Å². The predicted octanol–water partition coefficient (Wildman–Crippen LogP) is 4.68. The van der Waals surface area contributed by atoms with Gasteiger partial charge in [0.25, 0.3) is 0 Å². The van der Waals surface area contributed by atoms with Gasteiger partial charge < -0.3 is 5.32 Å². The summed E-state index contributed by atoms with van der Waals surface area (Å²) in [4.78, 5) is 1.37. The monoisotopic (exact) mass is 265 g/mol. The molecule has 0 bridgehead atoms. The van der Waals surface area contributed by atoms with Crippen LogP contribution in [0.5, 0.6) is 0 Å². The molecule has 0 aliphatic carbocycles. The maximum atomic E-state index is 3.56. The zero-order chi connectivity index (χ0) is 13.5. The van der Waals surface area contributed by atoms with Gasteiger partial charge in [-0.2, -0.15) is 0 Å². The van der Waals surface area contributed by atoms with Gasteiger partial charge in [-0.05, 0) is 43.5 Å². The molecule has 1 rings (SSSR count). The van der Waals surface area contributed by atoms with E-state index >= 15 is 0 Å². The second kappa shape index (κ2) is 7.85. The standard InChI is InChI=1S/C16H27NS/c1-6-11-17-13(4)14(5)18-16-9-7-15(8-10-16)12(2)3/h7-10,12-14,17H,6,11H2,1-5H3. The SMILES string of the molecule is CCCNC(C)C(C)Sc1ccc(C(C)C)cc1. The highest BCUT2D eigenvalue weighted by molar-refractivity contribution is 8.00. The average Bonchev–Trinajstić information content (AvgIpc) is 2.36. The molecule has 1 N–H and O–H groups in total. The van der Waals surface area contributed by atoms with E-state index in [2.05, 4.69) is 64.2 Å². The quantitative estimate of drug-likeness (QED) is 0.718. The first kappa shape index (κ1) is 15.6. The molecule has 0 aliphatic rings. The van der Waals surface area contributed by atoms with Crippen molar-refractivity contribution >= 4 is 11.8 Å². The normalized spacial score (nSPS) is 14.8. The molecule has 0 aromatic heterocycles. The summed E-state index contributed by atoms with van der Waals surface area (Å²) in [6.07, 6.45) is 1.20. The molecule has 0 fully saturated rings. The topological polar surface area (TPSA) is 12.0 Å². The van der Waals surface area contributed by atoms with Crippen LogP contribution < -0.4 is 5.32 Å². The molecular weight excluding hydrogens is 238 g/mol. The number of hydrogen-bond donors (Lipinski definition) is 1. The highest BCUT2D eigenvalue weighted by Gasteiger charge is 2.12. The molecule has 0 spiro atoms. The second-order valence-corrected chi connectivity index (χ2v) is 6.74. The van der Waals surface area contributed by atoms with Crippen LogP contribution in [0.1, 0.15) is 52.5 Å². The third-order valence-electron chi connectivity index (χ3n) is 3.29. The van der Waals surface area contributed by atoms with Crippen LogP contribution in [0.4, 0.5) is 0 Å². The van der Waals surface area contributed by atoms with Gasteiger partial charge in [0.1, 0.15) is 0 Å². The van der Waals surface area contributed by atoms with Gasteiger partial charge in [0.05, 0.1) is 0 Å². The molecular formula is C16H27NS. The number of thioether (sulfide) groups is 1. The van der Waals surface area contributed by atoms with Gasteiger partial charge >= 0.3 is 0 Å². The molecule has 0 saturated heterocycles. The minimum absolute atomic E-state index is 0.555. The van der Waals surface area contributed by atoms with E-state index in [1.54, 1.807) is 0 Å². The van der Waals surface area contributed by atoms with E-state index in [1.165, 1.54) is 16.9 Å². The molecule has 0 saturated carbocycles. The van der Waals surface area contributed by atoms with Gasteiger partial charge in [0, 0.05) is 16.2 Å². The van der Waals surface area contributed by atoms with Crippen molar-refractivity contribution in [1.29, 1.82) is 0 Å². The molecule has 2 heteroatoms. The predicted molar refractivity (Wildman–Crippen MR) is 83.6 cm³/mol. The zero-order valence-electron chi connectivity index (χ0n) is 12.4. The highest BCUT2D eigenvalue weighted by Crippen LogP contribution is 2.26. The first-order chi connectivity index (χ1) is 8.54. The Morgan fingerprint density at radius 1 is 1.06 bits per heavy atom. The van der Waals surface area contributed by atoms with E-state index in [0.29, 0.717) is 17.2 Å². The summed E-state index contributed by atoms with van der Waals surface area (Å²) < 4.78 is 0. The lowest BCUT2D eigenvalue weighted by Gasteiger charge is -2.21. The Kier molecular flexibility index (Phi) is 6.80. The first-order valence-corrected chi connectivity index (χ1v) is 7.92. The molecule has 0 aliphatic heterocycles. The van der Waals surface area contributed by atoms with Crippen LogP contribution in [0.25, 0.3) is 0 Å². The van der Waals surface area contributed by atoms with Crippen LogP contribution in [0.3, 0.4) is 0 Å². The molecule has 0 amide bonds. The fourth-order valence-electron chi connectivity index (χ4n) is 1.79. The smallest absolute Gasteiger partial charge is 0.0217 e. The lowest BCUT2D eigenvalue weighted by atomic mass is 10.0. The van der Waals surface area contributed by atoms with Crippen LogP contribution in [-0.2, 0) is 0 Å². The van der Waals surface area contributed by atoms with Crippen molar-refractivity contribution in [2.75, 3.05) is 6.54 Å². The van der Waals surface area contributed by atoms with Gasteiger partial charge in [0.15, 0.2) is 0 Å². The number of rotatable bonds is 7. The van der Waals surface area contributed by atoms with E-state index in [0.717, 1.165) is 6.54 Å². The molecule has 2 unspecified atom stereocenters. The van der Waals surface area contributed by atoms with Crippen molar-refractivity contribution in [3.05, 3.63) is 29.8 Å². The summed E-state index contributed by atoms with van der Waals surface area (Å²) in [5.74, 6) is 0.617. The van der Waals surface area contributed by atoms with E-state index < -0.39 is 0 Å². The fourth-order valence-corrected chi connectivity index (χ4v) is 2.81. The van der Waals surface area contributed by atoms with E-state index in [4.69, 9.17) is 0 Å². The minimum atomic E-state index is 0.555. The van der Waals surface area contributed by atoms with Crippen molar-refractivity contribution in [2.24, 2.45) is 0 Å². The Balaban J connectivity index is 2.51. The first-order valence-electron chi connectivity index (χ1n) is 7.04. The van der Waals surface area contributed by atoms with Gasteiger partial charge in [-0.25, -0.2) is 0 Å². The summed E-state index contributed by atoms with van der Waals surface area (Å²) in [7, 11) is 0. The average molecular weight is 265 g/mol. The number of hydrogen-bond acceptors (Lipinski definition) is 2. The third kappa shape index (κ3) is 5.03. The van der Waals surface area contributed by atoms with Gasteiger partial charge in [-0.15, -0.1) is 11.8 Å². The van der Waals surface area contributed by atoms with Gasteiger partial charge in [-0.3, -0.25) is 0 Å². The highest BCUT2D eigenvalue weighted by atomic mass is 32.2. The maximum Gasteiger partial charge on any atom is 0.0217 e. The Morgan fingerprint density at radius 3 is 2.17 bits per heavy atom. The molecule has 0 radical (unpaired) electrons. The summed E-state index contributed by atoms with van der Waals surface area (Å²) in [6, 6.07) is 9.57. The number of nitrogens with one attached hydrogen (secondary N) is 1. The third-order valence-corrected chi connectivity index (χ3v) is 4.61. The van der Waals surface area contributed by atoms with Gasteiger partial charge in [0.2, 0.25) is 0 Å². The number of benzene rings is 1. The second-order valence-electron chi connectivity index (χ2n) is 5.29. The van der Waals surface area contributed by atoms with Crippen molar-refractivity contribution < 1.29 is 0 Å². The molecule has 1 aromatic carbocycles. The zero-order valence-corrected chi connectivity index (χ0v) is 13.2. The largest absolute Gasteiger partial charge is 0.313 e. The Labute approximate surface area is 117 Å². The summed E-state index contributed by atoms with van der Waals surface area (Å²) in [5, 5.41) is 4.16. The molecule has 1 nitrogen and oxygen atoms in total.